The molecule has 7 heteroatoms. The van der Waals surface area contributed by atoms with E-state index in [1.54, 1.807) is 0 Å². The Balaban J connectivity index is 2.19. The summed E-state index contributed by atoms with van der Waals surface area (Å²) in [6.45, 7) is 0. The van der Waals surface area contributed by atoms with Gasteiger partial charge in [-0.15, -0.1) is 0 Å². The molecule has 1 aliphatic rings. The van der Waals surface area contributed by atoms with Crippen molar-refractivity contribution in [3.8, 4) is 0 Å². The van der Waals surface area contributed by atoms with Crippen LogP contribution in [-0.2, 0) is 9.59 Å². The average molecular weight is 317 g/mol. The van der Waals surface area contributed by atoms with Crippen LogP contribution in [-0.4, -0.2) is 23.0 Å². The molecule has 0 fully saturated rings. The van der Waals surface area contributed by atoms with Crippen LogP contribution in [0.3, 0.4) is 0 Å². The quantitative estimate of drug-likeness (QED) is 0.798. The standard InChI is InChI=1S/C11H10BrFN2O3/c12-5-3-8-9(4-6(5)13)15-11(18)7(14-8)1-2-10(16)17/h3-4,7,14H,1-2H2,(H,15,18)(H,16,17). The molecule has 1 aromatic rings. The van der Waals surface area contributed by atoms with Crippen molar-refractivity contribution in [2.24, 2.45) is 0 Å². The Bertz CT molecular complexity index is 521. The lowest BCUT2D eigenvalue weighted by molar-refractivity contribution is -0.137. The monoisotopic (exact) mass is 316 g/mol. The van der Waals surface area contributed by atoms with Crippen LogP contribution in [0.15, 0.2) is 16.6 Å². The molecule has 1 aromatic carbocycles. The van der Waals surface area contributed by atoms with Gasteiger partial charge >= 0.3 is 5.97 Å². The van der Waals surface area contributed by atoms with Gasteiger partial charge < -0.3 is 15.7 Å². The van der Waals surface area contributed by atoms with E-state index in [0.29, 0.717) is 11.4 Å². The predicted octanol–water partition coefficient (Wildman–Crippen LogP) is 2.19. The molecule has 0 saturated heterocycles. The molecule has 96 valence electrons. The normalized spacial score (nSPS) is 17.7. The van der Waals surface area contributed by atoms with Crippen molar-refractivity contribution in [3.05, 3.63) is 22.4 Å². The Morgan fingerprint density at radius 3 is 2.83 bits per heavy atom. The van der Waals surface area contributed by atoms with Crippen molar-refractivity contribution in [1.82, 2.24) is 0 Å². The highest BCUT2D eigenvalue weighted by atomic mass is 79.9. The van der Waals surface area contributed by atoms with Crippen LogP contribution in [0.4, 0.5) is 15.8 Å². The first-order valence-corrected chi connectivity index (χ1v) is 6.05. The minimum atomic E-state index is -0.962. The Morgan fingerprint density at radius 2 is 2.17 bits per heavy atom. The van der Waals surface area contributed by atoms with Gasteiger partial charge in [0.2, 0.25) is 5.91 Å². The number of amides is 1. The summed E-state index contributed by atoms with van der Waals surface area (Å²) < 4.78 is 13.6. The molecule has 1 unspecified atom stereocenters. The van der Waals surface area contributed by atoms with Crippen molar-refractivity contribution < 1.29 is 19.1 Å². The topological polar surface area (TPSA) is 78.4 Å². The van der Waals surface area contributed by atoms with E-state index in [1.807, 2.05) is 0 Å². The molecule has 0 bridgehead atoms. The van der Waals surface area contributed by atoms with E-state index in [4.69, 9.17) is 5.11 Å². The molecule has 1 heterocycles. The number of carbonyl (C=O) groups excluding carboxylic acids is 1. The van der Waals surface area contributed by atoms with Gasteiger partial charge in [-0.25, -0.2) is 4.39 Å². The van der Waals surface area contributed by atoms with E-state index in [1.165, 1.54) is 12.1 Å². The van der Waals surface area contributed by atoms with Crippen LogP contribution in [0.1, 0.15) is 12.8 Å². The van der Waals surface area contributed by atoms with Crippen molar-refractivity contribution in [1.29, 1.82) is 0 Å². The third-order valence-corrected chi connectivity index (χ3v) is 3.22. The van der Waals surface area contributed by atoms with Gasteiger partial charge in [-0.05, 0) is 28.4 Å². The Labute approximate surface area is 111 Å². The smallest absolute Gasteiger partial charge is 0.303 e. The molecule has 1 aliphatic heterocycles. The molecule has 1 atom stereocenters. The summed E-state index contributed by atoms with van der Waals surface area (Å²) in [6, 6.07) is 2.10. The number of anilines is 2. The minimum absolute atomic E-state index is 0.108. The number of hydrogen-bond acceptors (Lipinski definition) is 3. The second-order valence-corrected chi connectivity index (χ2v) is 4.78. The SMILES string of the molecule is O=C(O)CCC1Nc2cc(Br)c(F)cc2NC1=O. The van der Waals surface area contributed by atoms with Gasteiger partial charge in [0.15, 0.2) is 0 Å². The third-order valence-electron chi connectivity index (χ3n) is 2.61. The molecule has 18 heavy (non-hydrogen) atoms. The van der Waals surface area contributed by atoms with E-state index in [9.17, 15) is 14.0 Å². The van der Waals surface area contributed by atoms with Gasteiger partial charge in [-0.3, -0.25) is 9.59 Å². The van der Waals surface area contributed by atoms with E-state index in [-0.39, 0.29) is 23.2 Å². The summed E-state index contributed by atoms with van der Waals surface area (Å²) in [5.41, 5.74) is 0.922. The van der Waals surface area contributed by atoms with E-state index in [2.05, 4.69) is 26.6 Å². The molecule has 0 radical (unpaired) electrons. The zero-order chi connectivity index (χ0) is 13.3. The van der Waals surface area contributed by atoms with Crippen LogP contribution in [0.2, 0.25) is 0 Å². The fourth-order valence-corrected chi connectivity index (χ4v) is 2.06. The first-order valence-electron chi connectivity index (χ1n) is 5.25. The van der Waals surface area contributed by atoms with Crippen LogP contribution in [0.5, 0.6) is 0 Å². The maximum absolute atomic E-state index is 13.3. The van der Waals surface area contributed by atoms with Gasteiger partial charge in [0.1, 0.15) is 11.9 Å². The molecule has 5 nitrogen and oxygen atoms in total. The van der Waals surface area contributed by atoms with E-state index in [0.717, 1.165) is 0 Å². The molecule has 0 aromatic heterocycles. The number of nitrogens with one attached hydrogen (secondary N) is 2. The molecular formula is C11H10BrFN2O3. The highest BCUT2D eigenvalue weighted by Gasteiger charge is 2.26. The first kappa shape index (κ1) is 12.8. The number of aliphatic carboxylic acids is 1. The lowest BCUT2D eigenvalue weighted by Crippen LogP contribution is -2.39. The van der Waals surface area contributed by atoms with Crippen LogP contribution in [0.25, 0.3) is 0 Å². The summed E-state index contributed by atoms with van der Waals surface area (Å²) >= 11 is 3.05. The summed E-state index contributed by atoms with van der Waals surface area (Å²) in [7, 11) is 0. The number of fused-ring (bicyclic) bond motifs is 1. The molecule has 2 rings (SSSR count). The Hall–Kier alpha value is -1.63. The van der Waals surface area contributed by atoms with E-state index >= 15 is 0 Å². The number of benzene rings is 1. The molecule has 0 aliphatic carbocycles. The van der Waals surface area contributed by atoms with Crippen LogP contribution in [0, 0.1) is 5.82 Å². The van der Waals surface area contributed by atoms with Crippen LogP contribution >= 0.6 is 15.9 Å². The number of carbonyl (C=O) groups is 2. The summed E-state index contributed by atoms with van der Waals surface area (Å²) in [4.78, 5) is 22.1. The lowest BCUT2D eigenvalue weighted by Gasteiger charge is -2.26. The Morgan fingerprint density at radius 1 is 1.44 bits per heavy atom. The van der Waals surface area contributed by atoms with Crippen molar-refractivity contribution in [2.75, 3.05) is 10.6 Å². The summed E-state index contributed by atoms with van der Waals surface area (Å²) in [5.74, 6) is -1.79. The van der Waals surface area contributed by atoms with Gasteiger partial charge in [0.05, 0.1) is 15.8 Å². The van der Waals surface area contributed by atoms with Gasteiger partial charge in [-0.1, -0.05) is 0 Å². The third kappa shape index (κ3) is 2.61. The minimum Gasteiger partial charge on any atom is -0.481 e. The molecule has 1 amide bonds. The number of hydrogen-bond donors (Lipinski definition) is 3. The second kappa shape index (κ2) is 4.93. The number of rotatable bonds is 3. The lowest BCUT2D eigenvalue weighted by atomic mass is 10.1. The summed E-state index contributed by atoms with van der Waals surface area (Å²) in [5, 5.41) is 14.0. The molecule has 3 N–H and O–H groups in total. The van der Waals surface area contributed by atoms with Crippen molar-refractivity contribution >= 4 is 39.2 Å². The van der Waals surface area contributed by atoms with Gasteiger partial charge in [0.25, 0.3) is 0 Å². The number of halogens is 2. The fourth-order valence-electron chi connectivity index (χ4n) is 1.71. The van der Waals surface area contributed by atoms with Crippen molar-refractivity contribution in [3.63, 3.8) is 0 Å². The second-order valence-electron chi connectivity index (χ2n) is 3.93. The predicted molar refractivity (Wildman–Crippen MR) is 67.0 cm³/mol. The van der Waals surface area contributed by atoms with Gasteiger partial charge in [-0.2, -0.15) is 0 Å². The Kier molecular flexibility index (Phi) is 3.51. The van der Waals surface area contributed by atoms with Crippen LogP contribution < -0.4 is 10.6 Å². The summed E-state index contributed by atoms with van der Waals surface area (Å²) in [6.07, 6.45) is 0.0678. The largest absolute Gasteiger partial charge is 0.481 e. The first-order chi connectivity index (χ1) is 8.47. The highest BCUT2D eigenvalue weighted by Crippen LogP contribution is 2.32. The molecule has 0 saturated carbocycles. The van der Waals surface area contributed by atoms with E-state index < -0.39 is 17.8 Å². The number of carboxylic acids is 1. The average Bonchev–Trinajstić information content (AvgIpc) is 2.29. The van der Waals surface area contributed by atoms with Crippen molar-refractivity contribution in [2.45, 2.75) is 18.9 Å². The maximum atomic E-state index is 13.3. The zero-order valence-corrected chi connectivity index (χ0v) is 10.8. The number of carboxylic acid groups (broad SMARTS) is 1. The highest BCUT2D eigenvalue weighted by molar-refractivity contribution is 9.10. The maximum Gasteiger partial charge on any atom is 0.303 e. The zero-order valence-electron chi connectivity index (χ0n) is 9.17. The van der Waals surface area contributed by atoms with Gasteiger partial charge in [0, 0.05) is 12.5 Å². The molecular weight excluding hydrogens is 307 g/mol. The molecule has 0 spiro atoms. The fraction of sp³-hybridized carbons (Fsp3) is 0.273.